The summed E-state index contributed by atoms with van der Waals surface area (Å²) in [4.78, 5) is 23.8. The van der Waals surface area contributed by atoms with Gasteiger partial charge in [-0.15, -0.1) is 0 Å². The molecule has 3 aromatic rings. The van der Waals surface area contributed by atoms with Crippen LogP contribution in [-0.2, 0) is 0 Å². The van der Waals surface area contributed by atoms with E-state index in [-0.39, 0.29) is 28.4 Å². The average molecular weight is 415 g/mol. The molecule has 0 aliphatic heterocycles. The number of aromatic nitrogens is 2. The van der Waals surface area contributed by atoms with Crippen LogP contribution in [0.1, 0.15) is 32.8 Å². The van der Waals surface area contributed by atoms with Gasteiger partial charge in [0.15, 0.2) is 12.4 Å². The van der Waals surface area contributed by atoms with Crippen molar-refractivity contribution in [3.05, 3.63) is 71.3 Å². The molecule has 1 aliphatic rings. The van der Waals surface area contributed by atoms with Gasteiger partial charge < -0.3 is 10.1 Å². The molecule has 1 saturated carbocycles. The highest BCUT2D eigenvalue weighted by atomic mass is 19.3. The number of alkyl halides is 2. The smallest absolute Gasteiger partial charge is 0.288 e. The second-order valence-electron chi connectivity index (χ2n) is 6.95. The number of benzene rings is 2. The van der Waals surface area contributed by atoms with Gasteiger partial charge in [0.1, 0.15) is 11.6 Å². The van der Waals surface area contributed by atoms with Crippen LogP contribution in [0.3, 0.4) is 0 Å². The lowest BCUT2D eigenvalue weighted by molar-refractivity contribution is 0.0660. The fourth-order valence-corrected chi connectivity index (χ4v) is 2.89. The number of aldehydes is 1. The van der Waals surface area contributed by atoms with Crippen LogP contribution >= 0.6 is 0 Å². The Bertz CT molecular complexity index is 1130. The second kappa shape index (κ2) is 7.33. The van der Waals surface area contributed by atoms with E-state index in [2.05, 4.69) is 10.4 Å². The van der Waals surface area contributed by atoms with E-state index in [1.165, 1.54) is 53.3 Å². The third kappa shape index (κ3) is 3.91. The van der Waals surface area contributed by atoms with Gasteiger partial charge in [0, 0.05) is 18.0 Å². The molecule has 1 atom stereocenters. The van der Waals surface area contributed by atoms with Crippen molar-refractivity contribution in [2.24, 2.45) is 0 Å². The molecule has 0 spiro atoms. The summed E-state index contributed by atoms with van der Waals surface area (Å²) in [6.07, 6.45) is 0.306. The molecule has 1 N–H and O–H groups in total. The minimum absolute atomic E-state index is 0.0243. The zero-order chi connectivity index (χ0) is 21.5. The molecule has 1 aliphatic carbocycles. The first-order chi connectivity index (χ1) is 14.3. The molecule has 6 nitrogen and oxygen atoms in total. The molecule has 154 valence electrons. The summed E-state index contributed by atoms with van der Waals surface area (Å²) in [6, 6.07) is 9.80. The summed E-state index contributed by atoms with van der Waals surface area (Å²) >= 11 is 0. The van der Waals surface area contributed by atoms with Crippen molar-refractivity contribution in [3.63, 3.8) is 0 Å². The molecule has 1 unspecified atom stereocenters. The van der Waals surface area contributed by atoms with Crippen molar-refractivity contribution in [2.75, 3.05) is 5.32 Å². The Morgan fingerprint density at radius 2 is 1.97 bits per heavy atom. The lowest BCUT2D eigenvalue weighted by atomic mass is 10.2. The molecular formula is C21H16F3N3O3. The van der Waals surface area contributed by atoms with Gasteiger partial charge in [-0.2, -0.15) is 5.10 Å². The summed E-state index contributed by atoms with van der Waals surface area (Å²) in [5.41, 5.74) is 1.68. The van der Waals surface area contributed by atoms with Crippen molar-refractivity contribution in [1.82, 2.24) is 9.78 Å². The molecule has 0 saturated heterocycles. The minimum atomic E-state index is -2.91. The summed E-state index contributed by atoms with van der Waals surface area (Å²) in [5, 5.41) is 6.90. The lowest BCUT2D eigenvalue weighted by Crippen LogP contribution is -2.13. The lowest BCUT2D eigenvalue weighted by Gasteiger charge is -2.11. The van der Waals surface area contributed by atoms with Gasteiger partial charge >= 0.3 is 0 Å². The monoisotopic (exact) mass is 415 g/mol. The van der Waals surface area contributed by atoms with E-state index in [9.17, 15) is 22.8 Å². The predicted octanol–water partition coefficient (Wildman–Crippen LogP) is 4.17. The molecule has 2 aromatic carbocycles. The Hall–Kier alpha value is -3.62. The van der Waals surface area contributed by atoms with Gasteiger partial charge in [0.05, 0.1) is 28.9 Å². The molecule has 1 fully saturated rings. The van der Waals surface area contributed by atoms with Crippen LogP contribution in [0.4, 0.5) is 18.9 Å². The number of nitrogens with zero attached hydrogens (tertiary/aromatic N) is 2. The van der Waals surface area contributed by atoms with E-state index in [0.717, 1.165) is 0 Å². The number of rotatable bonds is 6. The maximum atomic E-state index is 13.1. The van der Waals surface area contributed by atoms with Crippen molar-refractivity contribution in [1.29, 1.82) is 0 Å². The molecule has 30 heavy (non-hydrogen) atoms. The van der Waals surface area contributed by atoms with Crippen LogP contribution in [0.2, 0.25) is 0 Å². The standard InChI is InChI=1S/C21H16F3N3O3/c1-12-17(10-27(26-12)16-6-3-14(22)4-7-16)20(29)25-15-5-2-13(11-28)18(8-15)30-19-9-21(19,23)24/h2-8,10-11,19H,9H2,1H3,(H,25,29). The van der Waals surface area contributed by atoms with E-state index in [4.69, 9.17) is 4.74 Å². The number of ether oxygens (including phenoxy) is 1. The van der Waals surface area contributed by atoms with Crippen LogP contribution in [0.15, 0.2) is 48.7 Å². The van der Waals surface area contributed by atoms with E-state index < -0.39 is 24.4 Å². The third-order valence-electron chi connectivity index (χ3n) is 4.67. The van der Waals surface area contributed by atoms with E-state index >= 15 is 0 Å². The number of anilines is 1. The Kier molecular flexibility index (Phi) is 4.81. The number of hydrogen-bond donors (Lipinski definition) is 1. The van der Waals surface area contributed by atoms with Gasteiger partial charge in [-0.1, -0.05) is 0 Å². The summed E-state index contributed by atoms with van der Waals surface area (Å²) in [7, 11) is 0. The highest BCUT2D eigenvalue weighted by molar-refractivity contribution is 6.05. The molecular weight excluding hydrogens is 399 g/mol. The SMILES string of the molecule is Cc1nn(-c2ccc(F)cc2)cc1C(=O)Nc1ccc(C=O)c(OC2CC2(F)F)c1. The number of nitrogens with one attached hydrogen (secondary N) is 1. The van der Waals surface area contributed by atoms with E-state index in [0.29, 0.717) is 17.7 Å². The Morgan fingerprint density at radius 1 is 1.27 bits per heavy atom. The zero-order valence-corrected chi connectivity index (χ0v) is 15.7. The zero-order valence-electron chi connectivity index (χ0n) is 15.7. The van der Waals surface area contributed by atoms with Crippen LogP contribution < -0.4 is 10.1 Å². The Labute approximate surface area is 169 Å². The van der Waals surface area contributed by atoms with Crippen LogP contribution in [0.25, 0.3) is 5.69 Å². The Morgan fingerprint density at radius 3 is 2.60 bits per heavy atom. The number of amides is 1. The van der Waals surface area contributed by atoms with Gasteiger partial charge in [-0.3, -0.25) is 9.59 Å². The van der Waals surface area contributed by atoms with Crippen molar-refractivity contribution >= 4 is 17.9 Å². The van der Waals surface area contributed by atoms with Gasteiger partial charge in [0.25, 0.3) is 11.8 Å². The number of hydrogen-bond acceptors (Lipinski definition) is 4. The van der Waals surface area contributed by atoms with Crippen molar-refractivity contribution in [3.8, 4) is 11.4 Å². The fourth-order valence-electron chi connectivity index (χ4n) is 2.89. The normalized spacial score (nSPS) is 16.7. The summed E-state index contributed by atoms with van der Waals surface area (Å²) in [5.74, 6) is -3.81. The molecule has 9 heteroatoms. The predicted molar refractivity (Wildman–Crippen MR) is 102 cm³/mol. The topological polar surface area (TPSA) is 73.2 Å². The highest BCUT2D eigenvalue weighted by Crippen LogP contribution is 2.45. The first-order valence-electron chi connectivity index (χ1n) is 9.04. The summed E-state index contributed by atoms with van der Waals surface area (Å²) < 4.78 is 46.0. The molecule has 1 aromatic heterocycles. The van der Waals surface area contributed by atoms with E-state index in [1.807, 2.05) is 0 Å². The first kappa shape index (κ1) is 19.7. The number of carbonyl (C=O) groups is 2. The fraction of sp³-hybridized carbons (Fsp3) is 0.190. The maximum Gasteiger partial charge on any atom is 0.288 e. The Balaban J connectivity index is 1.54. The highest BCUT2D eigenvalue weighted by Gasteiger charge is 2.59. The third-order valence-corrected chi connectivity index (χ3v) is 4.67. The van der Waals surface area contributed by atoms with Crippen LogP contribution in [0.5, 0.6) is 5.75 Å². The van der Waals surface area contributed by atoms with Crippen LogP contribution in [-0.4, -0.2) is 34.0 Å². The molecule has 0 radical (unpaired) electrons. The quantitative estimate of drug-likeness (QED) is 0.614. The molecule has 1 amide bonds. The molecule has 4 rings (SSSR count). The number of halogens is 3. The molecule has 1 heterocycles. The summed E-state index contributed by atoms with van der Waals surface area (Å²) in [6.45, 7) is 1.65. The minimum Gasteiger partial charge on any atom is -0.483 e. The van der Waals surface area contributed by atoms with Gasteiger partial charge in [0.2, 0.25) is 0 Å². The second-order valence-corrected chi connectivity index (χ2v) is 6.95. The maximum absolute atomic E-state index is 13.1. The first-order valence-corrected chi connectivity index (χ1v) is 9.04. The van der Waals surface area contributed by atoms with Crippen molar-refractivity contribution in [2.45, 2.75) is 25.4 Å². The number of aryl methyl sites for hydroxylation is 1. The van der Waals surface area contributed by atoms with Gasteiger partial charge in [-0.05, 0) is 43.3 Å². The molecule has 0 bridgehead atoms. The largest absolute Gasteiger partial charge is 0.483 e. The van der Waals surface area contributed by atoms with Gasteiger partial charge in [-0.25, -0.2) is 17.9 Å². The van der Waals surface area contributed by atoms with Crippen molar-refractivity contribution < 1.29 is 27.5 Å². The number of carbonyl (C=O) groups excluding carboxylic acids is 2. The van der Waals surface area contributed by atoms with E-state index in [1.54, 1.807) is 6.92 Å². The average Bonchev–Trinajstić information content (AvgIpc) is 3.11. The van der Waals surface area contributed by atoms with Crippen LogP contribution in [0, 0.1) is 12.7 Å².